The Kier molecular flexibility index (Phi) is 6.43. The van der Waals surface area contributed by atoms with Gasteiger partial charge in [0.05, 0.1) is 0 Å². The summed E-state index contributed by atoms with van der Waals surface area (Å²) < 4.78 is 20.3. The molecule has 0 heterocycles. The molecular formula is C25H22O3Zr. The van der Waals surface area contributed by atoms with E-state index >= 15 is 0 Å². The predicted molar refractivity (Wildman–Crippen MR) is 111 cm³/mol. The zero-order chi connectivity index (χ0) is 19.8. The summed E-state index contributed by atoms with van der Waals surface area (Å²) in [7, 11) is 0. The van der Waals surface area contributed by atoms with Crippen LogP contribution in [0.15, 0.2) is 121 Å². The second-order valence-electron chi connectivity index (χ2n) is 6.59. The van der Waals surface area contributed by atoms with E-state index in [4.69, 9.17) is 8.44 Å². The van der Waals surface area contributed by atoms with Gasteiger partial charge in [-0.1, -0.05) is 0 Å². The fraction of sp³-hybridized carbons (Fsp3) is 0.0400. The molecule has 0 aromatic heterocycles. The van der Waals surface area contributed by atoms with Crippen molar-refractivity contribution >= 4 is 0 Å². The first-order valence-corrected chi connectivity index (χ1v) is 14.3. The molecule has 144 valence electrons. The normalized spacial score (nSPS) is 10.9. The molecular weight excluding hydrogens is 439 g/mol. The molecule has 0 aliphatic rings. The molecule has 0 unspecified atom stereocenters. The van der Waals surface area contributed by atoms with Gasteiger partial charge in [-0.3, -0.25) is 0 Å². The van der Waals surface area contributed by atoms with Gasteiger partial charge < -0.3 is 0 Å². The van der Waals surface area contributed by atoms with E-state index in [0.29, 0.717) is 4.13 Å². The maximum atomic E-state index is 6.58. The van der Waals surface area contributed by atoms with E-state index in [1.807, 2.05) is 109 Å². The first-order valence-electron chi connectivity index (χ1n) is 9.57. The summed E-state index contributed by atoms with van der Waals surface area (Å²) in [6, 6.07) is 39.6. The zero-order valence-corrected chi connectivity index (χ0v) is 18.4. The van der Waals surface area contributed by atoms with Crippen molar-refractivity contribution in [1.29, 1.82) is 0 Å². The van der Waals surface area contributed by atoms with Crippen LogP contribution in [0.2, 0.25) is 0 Å². The SMILES string of the molecule is c1ccc([CH2][Zr]([O]c2ccccc2)([O]c2ccccc2)[O]c2ccccc2)cc1. The molecule has 3 nitrogen and oxygen atoms in total. The van der Waals surface area contributed by atoms with Gasteiger partial charge in [-0.05, 0) is 0 Å². The number of hydrogen-bond acceptors (Lipinski definition) is 3. The Morgan fingerprint density at radius 1 is 0.414 bits per heavy atom. The van der Waals surface area contributed by atoms with Crippen molar-refractivity contribution in [3.63, 3.8) is 0 Å². The van der Waals surface area contributed by atoms with E-state index in [2.05, 4.69) is 12.1 Å². The van der Waals surface area contributed by atoms with Crippen molar-refractivity contribution in [3.8, 4) is 17.2 Å². The van der Waals surface area contributed by atoms with Crippen molar-refractivity contribution < 1.29 is 30.0 Å². The van der Waals surface area contributed by atoms with Crippen molar-refractivity contribution in [2.45, 2.75) is 4.13 Å². The molecule has 0 radical (unpaired) electrons. The summed E-state index contributed by atoms with van der Waals surface area (Å²) in [5, 5.41) is 0. The van der Waals surface area contributed by atoms with Crippen LogP contribution in [0.5, 0.6) is 17.2 Å². The van der Waals surface area contributed by atoms with E-state index in [9.17, 15) is 0 Å². The summed E-state index contributed by atoms with van der Waals surface area (Å²) in [6.07, 6.45) is 0. The Hall–Kier alpha value is -2.84. The Balaban J connectivity index is 1.75. The van der Waals surface area contributed by atoms with E-state index < -0.39 is 21.6 Å². The van der Waals surface area contributed by atoms with E-state index in [0.717, 1.165) is 22.8 Å². The Bertz CT molecular complexity index is 822. The second kappa shape index (κ2) is 9.58. The Labute approximate surface area is 177 Å². The van der Waals surface area contributed by atoms with Gasteiger partial charge in [0.15, 0.2) is 0 Å². The molecule has 0 saturated carbocycles. The van der Waals surface area contributed by atoms with E-state index in [-0.39, 0.29) is 0 Å². The Morgan fingerprint density at radius 3 is 1.07 bits per heavy atom. The third-order valence-electron chi connectivity index (χ3n) is 4.31. The van der Waals surface area contributed by atoms with E-state index in [1.165, 1.54) is 0 Å². The van der Waals surface area contributed by atoms with Crippen LogP contribution >= 0.6 is 0 Å². The molecule has 4 aromatic rings. The summed E-state index contributed by atoms with van der Waals surface area (Å²) >= 11 is -4.22. The first-order chi connectivity index (χ1) is 14.3. The van der Waals surface area contributed by atoms with Crippen molar-refractivity contribution in [3.05, 3.63) is 127 Å². The molecule has 4 heteroatoms. The molecule has 0 spiro atoms. The van der Waals surface area contributed by atoms with Crippen LogP contribution in [0, 0.1) is 0 Å². The molecule has 0 atom stereocenters. The van der Waals surface area contributed by atoms with Gasteiger partial charge in [-0.15, -0.1) is 0 Å². The van der Waals surface area contributed by atoms with Crippen LogP contribution in [-0.2, 0) is 25.7 Å². The van der Waals surface area contributed by atoms with Gasteiger partial charge in [0, 0.05) is 0 Å². The molecule has 0 aliphatic heterocycles. The van der Waals surface area contributed by atoms with Crippen LogP contribution in [0.1, 0.15) is 5.56 Å². The van der Waals surface area contributed by atoms with Crippen molar-refractivity contribution in [1.82, 2.24) is 0 Å². The van der Waals surface area contributed by atoms with Gasteiger partial charge in [0.25, 0.3) is 0 Å². The van der Waals surface area contributed by atoms with Gasteiger partial charge in [0.2, 0.25) is 0 Å². The average Bonchev–Trinajstić information content (AvgIpc) is 2.76. The van der Waals surface area contributed by atoms with Crippen LogP contribution in [-0.4, -0.2) is 0 Å². The second-order valence-corrected chi connectivity index (χ2v) is 12.3. The van der Waals surface area contributed by atoms with Crippen LogP contribution < -0.4 is 8.44 Å². The molecule has 4 rings (SSSR count). The first kappa shape index (κ1) is 19.5. The van der Waals surface area contributed by atoms with Crippen LogP contribution in [0.25, 0.3) is 0 Å². The summed E-state index contributed by atoms with van der Waals surface area (Å²) in [6.45, 7) is 0. The third kappa shape index (κ3) is 5.59. The molecule has 0 aliphatic carbocycles. The minimum atomic E-state index is -4.22. The molecule has 0 amide bonds. The quantitative estimate of drug-likeness (QED) is 0.307. The topological polar surface area (TPSA) is 27.7 Å². The maximum absolute atomic E-state index is 6.58. The van der Waals surface area contributed by atoms with E-state index in [1.54, 1.807) is 0 Å². The number of rotatable bonds is 8. The molecule has 0 N–H and O–H groups in total. The third-order valence-corrected chi connectivity index (χ3v) is 10.4. The summed E-state index contributed by atoms with van der Waals surface area (Å²) in [4.78, 5) is 0. The van der Waals surface area contributed by atoms with Crippen molar-refractivity contribution in [2.24, 2.45) is 0 Å². The van der Waals surface area contributed by atoms with Crippen molar-refractivity contribution in [2.75, 3.05) is 0 Å². The average molecular weight is 462 g/mol. The number of benzene rings is 4. The number of hydrogen-bond donors (Lipinski definition) is 0. The monoisotopic (exact) mass is 460 g/mol. The van der Waals surface area contributed by atoms with Gasteiger partial charge in [0.1, 0.15) is 0 Å². The fourth-order valence-electron chi connectivity index (χ4n) is 3.02. The van der Waals surface area contributed by atoms with Crippen LogP contribution in [0.3, 0.4) is 0 Å². The molecule has 0 saturated heterocycles. The zero-order valence-electron chi connectivity index (χ0n) is 16.0. The standard InChI is InChI=1S/C7H7.3C6H6O.Zr/c1-7-5-3-2-4-6-7;3*7-6-4-2-1-3-5-6;/h2-6H,1H2;3*1-5,7H;/q;;;;+3/p-3. The molecule has 0 bridgehead atoms. The molecule has 29 heavy (non-hydrogen) atoms. The Morgan fingerprint density at radius 2 is 0.724 bits per heavy atom. The van der Waals surface area contributed by atoms with Gasteiger partial charge in [-0.25, -0.2) is 0 Å². The van der Waals surface area contributed by atoms with Crippen LogP contribution in [0.4, 0.5) is 0 Å². The molecule has 0 fully saturated rings. The van der Waals surface area contributed by atoms with Gasteiger partial charge >= 0.3 is 178 Å². The summed E-state index contributed by atoms with van der Waals surface area (Å²) in [5.74, 6) is 2.27. The number of para-hydroxylation sites is 3. The fourth-order valence-corrected chi connectivity index (χ4v) is 9.32. The summed E-state index contributed by atoms with van der Waals surface area (Å²) in [5.41, 5.74) is 1.13. The van der Waals surface area contributed by atoms with Gasteiger partial charge in [-0.2, -0.15) is 0 Å². The molecule has 4 aromatic carbocycles. The predicted octanol–water partition coefficient (Wildman–Crippen LogP) is 6.32. The minimum absolute atomic E-state index is 0.605.